The van der Waals surface area contributed by atoms with Crippen molar-refractivity contribution < 1.29 is 14.7 Å². The molecule has 0 radical (unpaired) electrons. The standard InChI is InChI=1S/C13H23NO3S/c1-13(2,12(16)17)18-9-11(15)14-10-7-5-3-4-6-8-10/h10H,3-9H2,1-2H3,(H,14,15)(H,16,17). The SMILES string of the molecule is CC(C)(SCC(=O)NC1CCCCCC1)C(=O)O. The van der Waals surface area contributed by atoms with Crippen LogP contribution in [-0.4, -0.2) is 33.5 Å². The summed E-state index contributed by atoms with van der Waals surface area (Å²) in [5.74, 6) is -0.702. The highest BCUT2D eigenvalue weighted by atomic mass is 32.2. The van der Waals surface area contributed by atoms with Gasteiger partial charge in [-0.25, -0.2) is 0 Å². The lowest BCUT2D eigenvalue weighted by Gasteiger charge is -2.20. The van der Waals surface area contributed by atoms with Crippen LogP contribution < -0.4 is 5.32 Å². The summed E-state index contributed by atoms with van der Waals surface area (Å²) in [6, 6.07) is 0.286. The van der Waals surface area contributed by atoms with E-state index in [4.69, 9.17) is 5.11 Å². The van der Waals surface area contributed by atoms with E-state index in [9.17, 15) is 9.59 Å². The van der Waals surface area contributed by atoms with Crippen LogP contribution >= 0.6 is 11.8 Å². The lowest BCUT2D eigenvalue weighted by atomic mass is 10.1. The smallest absolute Gasteiger partial charge is 0.319 e. The average molecular weight is 273 g/mol. The molecular formula is C13H23NO3S. The van der Waals surface area contributed by atoms with E-state index < -0.39 is 10.7 Å². The number of carboxylic acids is 1. The predicted octanol–water partition coefficient (Wildman–Crippen LogP) is 2.42. The molecule has 0 heterocycles. The molecule has 1 amide bonds. The Hall–Kier alpha value is -0.710. The van der Waals surface area contributed by atoms with Crippen LogP contribution in [0.3, 0.4) is 0 Å². The minimum absolute atomic E-state index is 0.0405. The van der Waals surface area contributed by atoms with Gasteiger partial charge in [-0.3, -0.25) is 9.59 Å². The van der Waals surface area contributed by atoms with Gasteiger partial charge in [-0.2, -0.15) is 0 Å². The maximum atomic E-state index is 11.8. The van der Waals surface area contributed by atoms with Crippen molar-refractivity contribution in [3.05, 3.63) is 0 Å². The summed E-state index contributed by atoms with van der Waals surface area (Å²) in [4.78, 5) is 22.7. The van der Waals surface area contributed by atoms with E-state index in [2.05, 4.69) is 5.32 Å². The third-order valence-corrected chi connectivity index (χ3v) is 4.60. The predicted molar refractivity (Wildman–Crippen MR) is 73.8 cm³/mol. The minimum Gasteiger partial charge on any atom is -0.480 e. The molecule has 4 nitrogen and oxygen atoms in total. The summed E-state index contributed by atoms with van der Waals surface area (Å²) in [5.41, 5.74) is 0. The highest BCUT2D eigenvalue weighted by Gasteiger charge is 2.28. The number of hydrogen-bond acceptors (Lipinski definition) is 3. The van der Waals surface area contributed by atoms with Gasteiger partial charge in [0.1, 0.15) is 4.75 Å². The van der Waals surface area contributed by atoms with Crippen molar-refractivity contribution in [1.82, 2.24) is 5.32 Å². The van der Waals surface area contributed by atoms with Crippen LogP contribution in [0.25, 0.3) is 0 Å². The first-order valence-corrected chi connectivity index (χ1v) is 7.57. The number of thioether (sulfide) groups is 1. The van der Waals surface area contributed by atoms with Gasteiger partial charge < -0.3 is 10.4 Å². The Labute approximate surface area is 113 Å². The van der Waals surface area contributed by atoms with Gasteiger partial charge in [0.2, 0.25) is 5.91 Å². The molecule has 104 valence electrons. The monoisotopic (exact) mass is 273 g/mol. The molecule has 0 bridgehead atoms. The van der Waals surface area contributed by atoms with Crippen molar-refractivity contribution in [2.24, 2.45) is 0 Å². The van der Waals surface area contributed by atoms with Crippen molar-refractivity contribution >= 4 is 23.6 Å². The summed E-state index contributed by atoms with van der Waals surface area (Å²) < 4.78 is -0.902. The lowest BCUT2D eigenvalue weighted by molar-refractivity contribution is -0.138. The van der Waals surface area contributed by atoms with E-state index in [0.29, 0.717) is 0 Å². The third kappa shape index (κ3) is 5.29. The zero-order valence-corrected chi connectivity index (χ0v) is 12.0. The maximum Gasteiger partial charge on any atom is 0.319 e. The number of hydrogen-bond donors (Lipinski definition) is 2. The molecule has 18 heavy (non-hydrogen) atoms. The first kappa shape index (κ1) is 15.3. The van der Waals surface area contributed by atoms with E-state index in [1.54, 1.807) is 13.8 Å². The summed E-state index contributed by atoms with van der Waals surface area (Å²) >= 11 is 1.18. The van der Waals surface area contributed by atoms with Gasteiger partial charge in [-0.15, -0.1) is 11.8 Å². The second-order valence-electron chi connectivity index (χ2n) is 5.36. The van der Waals surface area contributed by atoms with Crippen LogP contribution in [0.1, 0.15) is 52.4 Å². The Morgan fingerprint density at radius 2 is 1.78 bits per heavy atom. The maximum absolute atomic E-state index is 11.8. The quantitative estimate of drug-likeness (QED) is 0.755. The van der Waals surface area contributed by atoms with Crippen LogP contribution in [0.15, 0.2) is 0 Å². The van der Waals surface area contributed by atoms with Crippen LogP contribution in [0, 0.1) is 0 Å². The van der Waals surface area contributed by atoms with E-state index in [-0.39, 0.29) is 17.7 Å². The Kier molecular flexibility index (Phi) is 5.99. The number of amides is 1. The number of carbonyl (C=O) groups excluding carboxylic acids is 1. The molecule has 1 rings (SSSR count). The fourth-order valence-electron chi connectivity index (χ4n) is 2.00. The molecule has 1 aliphatic rings. The lowest BCUT2D eigenvalue weighted by Crippen LogP contribution is -2.37. The first-order chi connectivity index (χ1) is 8.42. The van der Waals surface area contributed by atoms with Gasteiger partial charge in [0.05, 0.1) is 5.75 Å². The van der Waals surface area contributed by atoms with Gasteiger partial charge in [-0.05, 0) is 26.7 Å². The molecule has 0 aliphatic heterocycles. The van der Waals surface area contributed by atoms with Crippen LogP contribution in [-0.2, 0) is 9.59 Å². The zero-order valence-electron chi connectivity index (χ0n) is 11.2. The number of carbonyl (C=O) groups is 2. The molecule has 0 atom stereocenters. The van der Waals surface area contributed by atoms with E-state index >= 15 is 0 Å². The second kappa shape index (κ2) is 7.02. The van der Waals surface area contributed by atoms with Gasteiger partial charge in [-0.1, -0.05) is 25.7 Å². The fourth-order valence-corrected chi connectivity index (χ4v) is 2.70. The average Bonchev–Trinajstić information content (AvgIpc) is 2.55. The van der Waals surface area contributed by atoms with Crippen LogP contribution in [0.2, 0.25) is 0 Å². The highest BCUT2D eigenvalue weighted by molar-refractivity contribution is 8.01. The number of rotatable bonds is 5. The Morgan fingerprint density at radius 3 is 2.28 bits per heavy atom. The molecule has 1 fully saturated rings. The minimum atomic E-state index is -0.902. The Morgan fingerprint density at radius 1 is 1.22 bits per heavy atom. The number of nitrogens with one attached hydrogen (secondary N) is 1. The topological polar surface area (TPSA) is 66.4 Å². The van der Waals surface area contributed by atoms with Crippen molar-refractivity contribution in [2.75, 3.05) is 5.75 Å². The molecule has 1 saturated carbocycles. The first-order valence-electron chi connectivity index (χ1n) is 6.58. The molecule has 0 spiro atoms. The normalized spacial score (nSPS) is 18.1. The molecule has 0 unspecified atom stereocenters. The number of carboxylic acid groups (broad SMARTS) is 1. The van der Waals surface area contributed by atoms with Crippen LogP contribution in [0.5, 0.6) is 0 Å². The summed E-state index contributed by atoms with van der Waals surface area (Å²) in [7, 11) is 0. The molecule has 0 saturated heterocycles. The van der Waals surface area contributed by atoms with Crippen molar-refractivity contribution in [2.45, 2.75) is 63.2 Å². The summed E-state index contributed by atoms with van der Waals surface area (Å²) in [5, 5.41) is 12.0. The van der Waals surface area contributed by atoms with Gasteiger partial charge >= 0.3 is 5.97 Å². The Balaban J connectivity index is 2.30. The molecular weight excluding hydrogens is 250 g/mol. The van der Waals surface area contributed by atoms with Crippen molar-refractivity contribution in [3.8, 4) is 0 Å². The molecule has 0 aromatic rings. The number of aliphatic carboxylic acids is 1. The summed E-state index contributed by atoms with van der Waals surface area (Å²) in [6.45, 7) is 3.25. The Bertz CT molecular complexity index is 297. The van der Waals surface area contributed by atoms with E-state index in [0.717, 1.165) is 12.8 Å². The molecule has 0 aromatic heterocycles. The van der Waals surface area contributed by atoms with E-state index in [1.165, 1.54) is 37.4 Å². The fraction of sp³-hybridized carbons (Fsp3) is 0.846. The van der Waals surface area contributed by atoms with Crippen molar-refractivity contribution in [1.29, 1.82) is 0 Å². The zero-order chi connectivity index (χ0) is 13.6. The van der Waals surface area contributed by atoms with Crippen molar-refractivity contribution in [3.63, 3.8) is 0 Å². The largest absolute Gasteiger partial charge is 0.480 e. The molecule has 5 heteroatoms. The van der Waals surface area contributed by atoms with E-state index in [1.807, 2.05) is 0 Å². The van der Waals surface area contributed by atoms with Crippen LogP contribution in [0.4, 0.5) is 0 Å². The molecule has 1 aliphatic carbocycles. The second-order valence-corrected chi connectivity index (χ2v) is 6.96. The molecule has 0 aromatic carbocycles. The van der Waals surface area contributed by atoms with Gasteiger partial charge in [0, 0.05) is 6.04 Å². The highest BCUT2D eigenvalue weighted by Crippen LogP contribution is 2.24. The third-order valence-electron chi connectivity index (χ3n) is 3.30. The van der Waals surface area contributed by atoms with Gasteiger partial charge in [0.15, 0.2) is 0 Å². The molecule has 2 N–H and O–H groups in total. The van der Waals surface area contributed by atoms with Gasteiger partial charge in [0.25, 0.3) is 0 Å². The summed E-state index contributed by atoms with van der Waals surface area (Å²) in [6.07, 6.45) is 6.98.